The Morgan fingerprint density at radius 2 is 2.04 bits per heavy atom. The zero-order valence-electron chi connectivity index (χ0n) is 15.3. The summed E-state index contributed by atoms with van der Waals surface area (Å²) < 4.78 is 8.41. The molecule has 1 fully saturated rings. The van der Waals surface area contributed by atoms with E-state index in [1.54, 1.807) is 4.57 Å². The fraction of sp³-hybridized carbons (Fsp3) is 0.588. The zero-order valence-corrected chi connectivity index (χ0v) is 17.0. The third-order valence-electron chi connectivity index (χ3n) is 4.65. The molecule has 7 nitrogen and oxygen atoms in total. The fourth-order valence-corrected chi connectivity index (χ4v) is 4.79. The van der Waals surface area contributed by atoms with E-state index in [1.807, 2.05) is 20.8 Å². The van der Waals surface area contributed by atoms with E-state index in [4.69, 9.17) is 17.0 Å². The highest BCUT2D eigenvalue weighted by Gasteiger charge is 2.22. The maximum atomic E-state index is 12.9. The standard InChI is InChI=1S/C17H24N4O3S2/c1-4-20-14(22)13-11(3)12(10-19-7-6-18-16(19)25)26-15(13)21(17(20)23)8-9-24-5-2/h4-10H2,1-3H3,(H,18,25). The molecule has 1 aliphatic rings. The molecule has 2 aromatic rings. The van der Waals surface area contributed by atoms with Gasteiger partial charge in [0.2, 0.25) is 0 Å². The second-order valence-electron chi connectivity index (χ2n) is 6.16. The average Bonchev–Trinajstić information content (AvgIpc) is 3.16. The van der Waals surface area contributed by atoms with Crippen LogP contribution in [0.4, 0.5) is 0 Å². The quantitative estimate of drug-likeness (QED) is 0.562. The molecule has 9 heteroatoms. The van der Waals surface area contributed by atoms with Crippen molar-refractivity contribution in [3.8, 4) is 0 Å². The predicted octanol–water partition coefficient (Wildman–Crippen LogP) is 1.28. The van der Waals surface area contributed by atoms with Gasteiger partial charge in [-0.2, -0.15) is 0 Å². The van der Waals surface area contributed by atoms with Gasteiger partial charge in [0.15, 0.2) is 5.11 Å². The van der Waals surface area contributed by atoms with Gasteiger partial charge in [-0.05, 0) is 38.6 Å². The van der Waals surface area contributed by atoms with Gasteiger partial charge in [-0.25, -0.2) is 4.79 Å². The molecule has 1 saturated heterocycles. The van der Waals surface area contributed by atoms with Gasteiger partial charge in [0.05, 0.1) is 25.1 Å². The molecule has 0 aromatic carbocycles. The number of nitrogens with zero attached hydrogens (tertiary/aromatic N) is 3. The topological polar surface area (TPSA) is 68.5 Å². The van der Waals surface area contributed by atoms with Crippen molar-refractivity contribution in [2.75, 3.05) is 26.3 Å². The summed E-state index contributed by atoms with van der Waals surface area (Å²) in [6.07, 6.45) is 0. The van der Waals surface area contributed by atoms with E-state index >= 15 is 0 Å². The maximum absolute atomic E-state index is 12.9. The van der Waals surface area contributed by atoms with Gasteiger partial charge in [-0.15, -0.1) is 11.3 Å². The Hall–Kier alpha value is -1.71. The van der Waals surface area contributed by atoms with Crippen molar-refractivity contribution in [1.29, 1.82) is 0 Å². The maximum Gasteiger partial charge on any atom is 0.332 e. The van der Waals surface area contributed by atoms with Gasteiger partial charge >= 0.3 is 5.69 Å². The molecular formula is C17H24N4O3S2. The average molecular weight is 397 g/mol. The second kappa shape index (κ2) is 7.89. The first-order chi connectivity index (χ1) is 12.5. The molecule has 3 rings (SSSR count). The van der Waals surface area contributed by atoms with Crippen LogP contribution in [0.25, 0.3) is 10.2 Å². The molecule has 0 aliphatic carbocycles. The third-order valence-corrected chi connectivity index (χ3v) is 6.35. The lowest BCUT2D eigenvalue weighted by Gasteiger charge is -2.15. The van der Waals surface area contributed by atoms with Crippen LogP contribution in [0.5, 0.6) is 0 Å². The van der Waals surface area contributed by atoms with Crippen LogP contribution in [0, 0.1) is 6.92 Å². The Morgan fingerprint density at radius 3 is 2.65 bits per heavy atom. The second-order valence-corrected chi connectivity index (χ2v) is 7.63. The number of aromatic nitrogens is 2. The minimum Gasteiger partial charge on any atom is -0.380 e. The summed E-state index contributed by atoms with van der Waals surface area (Å²) in [4.78, 5) is 29.5. The van der Waals surface area contributed by atoms with Crippen LogP contribution in [-0.2, 0) is 24.4 Å². The molecule has 1 aliphatic heterocycles. The van der Waals surface area contributed by atoms with E-state index in [9.17, 15) is 9.59 Å². The number of ether oxygens (including phenoxy) is 1. The molecule has 0 saturated carbocycles. The first-order valence-corrected chi connectivity index (χ1v) is 10.1. The Morgan fingerprint density at radius 1 is 1.27 bits per heavy atom. The highest BCUT2D eigenvalue weighted by atomic mass is 32.1. The van der Waals surface area contributed by atoms with Crippen LogP contribution in [0.3, 0.4) is 0 Å². The first-order valence-electron chi connectivity index (χ1n) is 8.85. The number of fused-ring (bicyclic) bond motifs is 1. The van der Waals surface area contributed by atoms with E-state index in [1.165, 1.54) is 15.9 Å². The summed E-state index contributed by atoms with van der Waals surface area (Å²) in [5.74, 6) is 0. The van der Waals surface area contributed by atoms with Gasteiger partial charge in [-0.3, -0.25) is 13.9 Å². The molecular weight excluding hydrogens is 372 g/mol. The van der Waals surface area contributed by atoms with Crippen LogP contribution < -0.4 is 16.6 Å². The first kappa shape index (κ1) is 19.1. The van der Waals surface area contributed by atoms with Gasteiger partial charge < -0.3 is 15.0 Å². The zero-order chi connectivity index (χ0) is 18.8. The number of thiophene rings is 1. The minimum atomic E-state index is -0.268. The van der Waals surface area contributed by atoms with E-state index in [2.05, 4.69) is 10.2 Å². The van der Waals surface area contributed by atoms with Gasteiger partial charge in [-0.1, -0.05) is 0 Å². The lowest BCUT2D eigenvalue weighted by atomic mass is 10.2. The Bertz CT molecular complexity index is 944. The third kappa shape index (κ3) is 3.30. The molecule has 2 aromatic heterocycles. The molecule has 0 unspecified atom stereocenters. The van der Waals surface area contributed by atoms with Gasteiger partial charge in [0, 0.05) is 31.1 Å². The monoisotopic (exact) mass is 396 g/mol. The number of rotatable bonds is 7. The Balaban J connectivity index is 2.12. The van der Waals surface area contributed by atoms with Crippen molar-refractivity contribution < 1.29 is 4.74 Å². The Labute approximate surface area is 161 Å². The number of hydrogen-bond donors (Lipinski definition) is 1. The van der Waals surface area contributed by atoms with Crippen molar-refractivity contribution in [2.24, 2.45) is 0 Å². The molecule has 0 amide bonds. The van der Waals surface area contributed by atoms with Crippen LogP contribution >= 0.6 is 23.6 Å². The summed E-state index contributed by atoms with van der Waals surface area (Å²) in [5.41, 5.74) is 0.468. The van der Waals surface area contributed by atoms with Gasteiger partial charge in [0.1, 0.15) is 4.83 Å². The fourth-order valence-electron chi connectivity index (χ4n) is 3.20. The number of nitrogens with one attached hydrogen (secondary N) is 1. The highest BCUT2D eigenvalue weighted by Crippen LogP contribution is 2.29. The van der Waals surface area contributed by atoms with E-state index < -0.39 is 0 Å². The molecule has 1 N–H and O–H groups in total. The number of thiocarbonyl (C=S) groups is 1. The predicted molar refractivity (Wildman–Crippen MR) is 108 cm³/mol. The van der Waals surface area contributed by atoms with Crippen molar-refractivity contribution in [2.45, 2.75) is 40.4 Å². The lowest BCUT2D eigenvalue weighted by molar-refractivity contribution is 0.138. The Kier molecular flexibility index (Phi) is 5.79. The highest BCUT2D eigenvalue weighted by molar-refractivity contribution is 7.80. The van der Waals surface area contributed by atoms with Gasteiger partial charge in [0.25, 0.3) is 5.56 Å². The number of hydrogen-bond acceptors (Lipinski definition) is 5. The van der Waals surface area contributed by atoms with Crippen molar-refractivity contribution >= 4 is 38.9 Å². The van der Waals surface area contributed by atoms with Crippen molar-refractivity contribution in [1.82, 2.24) is 19.4 Å². The molecule has 0 spiro atoms. The molecule has 26 heavy (non-hydrogen) atoms. The minimum absolute atomic E-state index is 0.206. The van der Waals surface area contributed by atoms with Crippen LogP contribution in [-0.4, -0.2) is 45.4 Å². The molecule has 0 radical (unpaired) electrons. The van der Waals surface area contributed by atoms with Crippen LogP contribution in [0.2, 0.25) is 0 Å². The van der Waals surface area contributed by atoms with Crippen molar-refractivity contribution in [3.05, 3.63) is 31.3 Å². The van der Waals surface area contributed by atoms with E-state index in [0.29, 0.717) is 38.2 Å². The summed E-state index contributed by atoms with van der Waals surface area (Å²) >= 11 is 6.84. The van der Waals surface area contributed by atoms with Crippen molar-refractivity contribution in [3.63, 3.8) is 0 Å². The lowest BCUT2D eigenvalue weighted by Crippen LogP contribution is -2.40. The molecule has 3 heterocycles. The molecule has 0 bridgehead atoms. The summed E-state index contributed by atoms with van der Waals surface area (Å²) in [5, 5.41) is 4.53. The molecule has 0 atom stereocenters. The van der Waals surface area contributed by atoms with Crippen LogP contribution in [0.1, 0.15) is 24.3 Å². The molecule has 142 valence electrons. The normalized spacial score (nSPS) is 14.4. The number of aryl methyl sites for hydroxylation is 1. The summed E-state index contributed by atoms with van der Waals surface area (Å²) in [6, 6.07) is 0. The van der Waals surface area contributed by atoms with Crippen LogP contribution in [0.15, 0.2) is 9.59 Å². The van der Waals surface area contributed by atoms with E-state index in [-0.39, 0.29) is 11.2 Å². The summed E-state index contributed by atoms with van der Waals surface area (Å²) in [6.45, 7) is 9.87. The smallest absolute Gasteiger partial charge is 0.332 e. The SMILES string of the molecule is CCOCCn1c(=O)n(CC)c(=O)c2c(C)c(CN3CCNC3=S)sc21. The largest absolute Gasteiger partial charge is 0.380 e. The summed E-state index contributed by atoms with van der Waals surface area (Å²) in [7, 11) is 0. The van der Waals surface area contributed by atoms with E-state index in [0.717, 1.165) is 33.5 Å².